The molecule has 2 aliphatic rings. The van der Waals surface area contributed by atoms with Gasteiger partial charge in [-0.2, -0.15) is 0 Å². The summed E-state index contributed by atoms with van der Waals surface area (Å²) in [5.41, 5.74) is 0. The number of hydrogen-bond donors (Lipinski definition) is 1. The van der Waals surface area contributed by atoms with E-state index in [9.17, 15) is 0 Å². The second-order valence-corrected chi connectivity index (χ2v) is 8.59. The van der Waals surface area contributed by atoms with E-state index in [0.29, 0.717) is 12.0 Å². The van der Waals surface area contributed by atoms with E-state index in [1.54, 1.807) is 7.11 Å². The molecule has 2 fully saturated rings. The Labute approximate surface area is 173 Å². The highest BCUT2D eigenvalue weighted by Crippen LogP contribution is 2.29. The topological polar surface area (TPSA) is 49.3 Å². The van der Waals surface area contributed by atoms with E-state index in [4.69, 9.17) is 9.47 Å². The van der Waals surface area contributed by atoms with Gasteiger partial charge in [-0.25, -0.2) is 0 Å². The molecule has 0 amide bonds. The zero-order chi connectivity index (χ0) is 19.8. The summed E-state index contributed by atoms with van der Waals surface area (Å²) in [6.45, 7) is 9.19. The van der Waals surface area contributed by atoms with E-state index in [2.05, 4.69) is 39.2 Å². The van der Waals surface area contributed by atoms with Crippen molar-refractivity contribution in [3.05, 3.63) is 24.3 Å². The van der Waals surface area contributed by atoms with Gasteiger partial charge in [0.1, 0.15) is 5.75 Å². The molecular formula is C21H34N4O2S. The molecule has 156 valence electrons. The van der Waals surface area contributed by atoms with Crippen LogP contribution in [0.2, 0.25) is 0 Å². The summed E-state index contributed by atoms with van der Waals surface area (Å²) >= 11 is 1.85. The van der Waals surface area contributed by atoms with Gasteiger partial charge in [0.15, 0.2) is 5.96 Å². The zero-order valence-corrected chi connectivity index (χ0v) is 18.2. The number of methoxy groups -OCH3 is 1. The normalized spacial score (nSPS) is 22.3. The largest absolute Gasteiger partial charge is 0.496 e. The van der Waals surface area contributed by atoms with E-state index >= 15 is 0 Å². The molecule has 0 aromatic heterocycles. The average molecular weight is 407 g/mol. The van der Waals surface area contributed by atoms with Gasteiger partial charge in [-0.1, -0.05) is 19.1 Å². The van der Waals surface area contributed by atoms with Crippen molar-refractivity contribution in [3.8, 4) is 5.75 Å². The number of benzene rings is 1. The maximum absolute atomic E-state index is 5.49. The Balaban J connectivity index is 1.42. The molecule has 0 saturated carbocycles. The van der Waals surface area contributed by atoms with Gasteiger partial charge in [0.25, 0.3) is 0 Å². The van der Waals surface area contributed by atoms with Crippen molar-refractivity contribution in [1.29, 1.82) is 0 Å². The SMILES string of the molecule is CN=C(NCC(C)CSc1ccccc1OC)N1CCC(N2CCOCC2)C1. The van der Waals surface area contributed by atoms with Crippen LogP contribution in [0.25, 0.3) is 0 Å². The highest BCUT2D eigenvalue weighted by atomic mass is 32.2. The first-order valence-corrected chi connectivity index (χ1v) is 11.2. The van der Waals surface area contributed by atoms with Gasteiger partial charge in [0.2, 0.25) is 0 Å². The quantitative estimate of drug-likeness (QED) is 0.426. The summed E-state index contributed by atoms with van der Waals surface area (Å²) in [5, 5.41) is 3.59. The maximum atomic E-state index is 5.49. The molecule has 1 N–H and O–H groups in total. The van der Waals surface area contributed by atoms with E-state index in [1.807, 2.05) is 30.9 Å². The molecule has 0 aliphatic carbocycles. The molecule has 2 atom stereocenters. The first-order valence-electron chi connectivity index (χ1n) is 10.2. The van der Waals surface area contributed by atoms with Crippen LogP contribution in [0.15, 0.2) is 34.2 Å². The van der Waals surface area contributed by atoms with Crippen molar-refractivity contribution in [2.45, 2.75) is 24.3 Å². The van der Waals surface area contributed by atoms with Gasteiger partial charge in [-0.05, 0) is 24.5 Å². The molecule has 6 nitrogen and oxygen atoms in total. The van der Waals surface area contributed by atoms with Crippen LogP contribution in [0.3, 0.4) is 0 Å². The van der Waals surface area contributed by atoms with Crippen LogP contribution in [-0.4, -0.2) is 87.6 Å². The fourth-order valence-electron chi connectivity index (χ4n) is 3.80. The Bertz CT molecular complexity index is 637. The minimum atomic E-state index is 0.532. The highest BCUT2D eigenvalue weighted by molar-refractivity contribution is 7.99. The predicted molar refractivity (Wildman–Crippen MR) is 117 cm³/mol. The Kier molecular flexibility index (Phi) is 8.30. The fourth-order valence-corrected chi connectivity index (χ4v) is 4.85. The molecule has 3 rings (SSSR count). The summed E-state index contributed by atoms with van der Waals surface area (Å²) in [6.07, 6.45) is 1.21. The van der Waals surface area contributed by atoms with Gasteiger partial charge in [0.05, 0.1) is 20.3 Å². The molecule has 2 saturated heterocycles. The minimum Gasteiger partial charge on any atom is -0.496 e. The van der Waals surface area contributed by atoms with Crippen LogP contribution in [0, 0.1) is 5.92 Å². The third-order valence-corrected chi connectivity index (χ3v) is 6.82. The van der Waals surface area contributed by atoms with E-state index < -0.39 is 0 Å². The second kappa shape index (κ2) is 10.9. The van der Waals surface area contributed by atoms with Crippen LogP contribution >= 0.6 is 11.8 Å². The standard InChI is InChI=1S/C21H34N4O2S/c1-17(16-28-20-7-5-4-6-19(20)26-3)14-23-21(22-2)25-9-8-18(15-25)24-10-12-27-13-11-24/h4-7,17-18H,8-16H2,1-3H3,(H,22,23). The lowest BCUT2D eigenvalue weighted by molar-refractivity contribution is 0.0195. The van der Waals surface area contributed by atoms with Gasteiger partial charge in [-0.15, -0.1) is 11.8 Å². The smallest absolute Gasteiger partial charge is 0.193 e. The number of rotatable bonds is 7. The molecule has 7 heteroatoms. The summed E-state index contributed by atoms with van der Waals surface area (Å²) in [4.78, 5) is 10.7. The Morgan fingerprint density at radius 3 is 2.86 bits per heavy atom. The van der Waals surface area contributed by atoms with Crippen molar-refractivity contribution in [1.82, 2.24) is 15.1 Å². The fraction of sp³-hybridized carbons (Fsp3) is 0.667. The molecular weight excluding hydrogens is 372 g/mol. The van der Waals surface area contributed by atoms with Crippen LogP contribution in [-0.2, 0) is 4.74 Å². The number of morpholine rings is 1. The predicted octanol–water partition coefficient (Wildman–Crippen LogP) is 2.41. The number of nitrogens with zero attached hydrogens (tertiary/aromatic N) is 3. The highest BCUT2D eigenvalue weighted by Gasteiger charge is 2.30. The van der Waals surface area contributed by atoms with Crippen molar-refractivity contribution >= 4 is 17.7 Å². The van der Waals surface area contributed by atoms with Crippen LogP contribution in [0.1, 0.15) is 13.3 Å². The first-order chi connectivity index (χ1) is 13.7. The Morgan fingerprint density at radius 2 is 2.11 bits per heavy atom. The molecule has 1 aromatic carbocycles. The number of aliphatic imine (C=N–C) groups is 1. The van der Waals surface area contributed by atoms with Gasteiger partial charge < -0.3 is 19.7 Å². The number of ether oxygens (including phenoxy) is 2. The van der Waals surface area contributed by atoms with Gasteiger partial charge >= 0.3 is 0 Å². The first kappa shape index (κ1) is 21.3. The van der Waals surface area contributed by atoms with E-state index in [1.165, 1.54) is 11.3 Å². The Hall–Kier alpha value is -1.44. The van der Waals surface area contributed by atoms with Crippen molar-refractivity contribution in [3.63, 3.8) is 0 Å². The minimum absolute atomic E-state index is 0.532. The third kappa shape index (κ3) is 5.78. The van der Waals surface area contributed by atoms with Crippen molar-refractivity contribution in [2.24, 2.45) is 10.9 Å². The summed E-state index contributed by atoms with van der Waals surface area (Å²) in [5.74, 6) is 3.56. The number of guanidine groups is 1. The maximum Gasteiger partial charge on any atom is 0.193 e. The average Bonchev–Trinajstić information content (AvgIpc) is 3.23. The summed E-state index contributed by atoms with van der Waals surface area (Å²) in [6, 6.07) is 8.84. The number of hydrogen-bond acceptors (Lipinski definition) is 5. The molecule has 28 heavy (non-hydrogen) atoms. The summed E-state index contributed by atoms with van der Waals surface area (Å²) < 4.78 is 10.9. The zero-order valence-electron chi connectivity index (χ0n) is 17.4. The molecule has 2 unspecified atom stereocenters. The molecule has 0 radical (unpaired) electrons. The molecule has 0 spiro atoms. The second-order valence-electron chi connectivity index (χ2n) is 7.53. The lowest BCUT2D eigenvalue weighted by Crippen LogP contribution is -2.47. The molecule has 0 bridgehead atoms. The molecule has 1 aromatic rings. The molecule has 2 heterocycles. The third-order valence-electron chi connectivity index (χ3n) is 5.44. The summed E-state index contributed by atoms with van der Waals surface area (Å²) in [7, 11) is 3.62. The number of nitrogens with one attached hydrogen (secondary N) is 1. The van der Waals surface area contributed by atoms with Gasteiger partial charge in [0, 0.05) is 56.5 Å². The van der Waals surface area contributed by atoms with Crippen LogP contribution in [0.4, 0.5) is 0 Å². The number of para-hydroxylation sites is 1. The molecule has 2 aliphatic heterocycles. The van der Waals surface area contributed by atoms with Crippen LogP contribution < -0.4 is 10.1 Å². The van der Waals surface area contributed by atoms with Crippen molar-refractivity contribution < 1.29 is 9.47 Å². The monoisotopic (exact) mass is 406 g/mol. The van der Waals surface area contributed by atoms with E-state index in [0.717, 1.165) is 63.4 Å². The van der Waals surface area contributed by atoms with Crippen molar-refractivity contribution in [2.75, 3.05) is 65.8 Å². The Morgan fingerprint density at radius 1 is 1.32 bits per heavy atom. The van der Waals surface area contributed by atoms with Crippen LogP contribution in [0.5, 0.6) is 5.75 Å². The lowest BCUT2D eigenvalue weighted by Gasteiger charge is -2.32. The van der Waals surface area contributed by atoms with Gasteiger partial charge in [-0.3, -0.25) is 9.89 Å². The number of likely N-dealkylation sites (tertiary alicyclic amines) is 1. The van der Waals surface area contributed by atoms with E-state index in [-0.39, 0.29) is 0 Å². The number of thioether (sulfide) groups is 1. The lowest BCUT2D eigenvalue weighted by atomic mass is 10.2.